The number of carboxylic acid groups (broad SMARTS) is 1. The standard InChI is InChI=1S/C26H22ClN3O4/c27-19-10-5-16(6-11-19)17-7-12-20(13-8-17)34-23-14-9-18(24(23)26(32)33)15-30-25(31)21-3-1-2-4-22(21)28-29-30/h1-8,10-13,18,23-24H,9,14-15H2,(H,32,33)/t18-,23-,24+/m0/s1. The first-order chi connectivity index (χ1) is 16.5. The molecule has 7 nitrogen and oxygen atoms in total. The molecule has 3 aromatic carbocycles. The van der Waals surface area contributed by atoms with E-state index in [0.717, 1.165) is 11.1 Å². The zero-order chi connectivity index (χ0) is 23.7. The van der Waals surface area contributed by atoms with Crippen molar-refractivity contribution >= 4 is 28.5 Å². The van der Waals surface area contributed by atoms with Crippen LogP contribution in [0.5, 0.6) is 5.75 Å². The molecule has 0 radical (unpaired) electrons. The number of nitrogens with zero attached hydrogens (tertiary/aromatic N) is 3. The molecule has 1 heterocycles. The maximum atomic E-state index is 12.8. The molecule has 0 spiro atoms. The van der Waals surface area contributed by atoms with Crippen molar-refractivity contribution in [2.45, 2.75) is 25.5 Å². The summed E-state index contributed by atoms with van der Waals surface area (Å²) in [5, 5.41) is 19.2. The number of carbonyl (C=O) groups is 1. The molecule has 0 bridgehead atoms. The van der Waals surface area contributed by atoms with E-state index in [2.05, 4.69) is 10.3 Å². The minimum Gasteiger partial charge on any atom is -0.490 e. The van der Waals surface area contributed by atoms with Crippen LogP contribution in [0.1, 0.15) is 12.8 Å². The second-order valence-corrected chi connectivity index (χ2v) is 8.92. The fourth-order valence-electron chi connectivity index (χ4n) is 4.65. The monoisotopic (exact) mass is 475 g/mol. The first-order valence-electron chi connectivity index (χ1n) is 11.1. The molecule has 1 aliphatic carbocycles. The van der Waals surface area contributed by atoms with Crippen LogP contribution in [0.3, 0.4) is 0 Å². The second kappa shape index (κ2) is 9.27. The molecule has 4 aromatic rings. The van der Waals surface area contributed by atoms with Crippen LogP contribution in [0.2, 0.25) is 5.02 Å². The van der Waals surface area contributed by atoms with Gasteiger partial charge in [-0.25, -0.2) is 4.68 Å². The predicted molar refractivity (Wildman–Crippen MR) is 129 cm³/mol. The van der Waals surface area contributed by atoms with Gasteiger partial charge in [-0.2, -0.15) is 0 Å². The summed E-state index contributed by atoms with van der Waals surface area (Å²) >= 11 is 5.96. The van der Waals surface area contributed by atoms with Gasteiger partial charge in [0, 0.05) is 5.02 Å². The first kappa shape index (κ1) is 22.1. The number of fused-ring (bicyclic) bond motifs is 1. The normalized spacial score (nSPS) is 19.9. The summed E-state index contributed by atoms with van der Waals surface area (Å²) in [6.45, 7) is 0.184. The maximum Gasteiger partial charge on any atom is 0.310 e. The summed E-state index contributed by atoms with van der Waals surface area (Å²) in [7, 11) is 0. The lowest BCUT2D eigenvalue weighted by molar-refractivity contribution is -0.146. The number of rotatable bonds is 6. The highest BCUT2D eigenvalue weighted by Crippen LogP contribution is 2.36. The van der Waals surface area contributed by atoms with Gasteiger partial charge < -0.3 is 9.84 Å². The Morgan fingerprint density at radius 1 is 1.00 bits per heavy atom. The van der Waals surface area contributed by atoms with Crippen molar-refractivity contribution in [1.82, 2.24) is 15.0 Å². The summed E-state index contributed by atoms with van der Waals surface area (Å²) < 4.78 is 7.37. The van der Waals surface area contributed by atoms with Gasteiger partial charge in [0.1, 0.15) is 17.4 Å². The van der Waals surface area contributed by atoms with Crippen molar-refractivity contribution in [3.05, 3.63) is 88.2 Å². The Labute approximate surface area is 200 Å². The molecule has 172 valence electrons. The minimum absolute atomic E-state index is 0.184. The van der Waals surface area contributed by atoms with Crippen LogP contribution in [0.4, 0.5) is 0 Å². The number of halogens is 1. The number of aromatic nitrogens is 3. The summed E-state index contributed by atoms with van der Waals surface area (Å²) in [5.41, 5.74) is 2.30. The second-order valence-electron chi connectivity index (χ2n) is 8.48. The summed E-state index contributed by atoms with van der Waals surface area (Å²) in [5.74, 6) is -1.37. The number of hydrogen-bond donors (Lipinski definition) is 1. The Hall–Kier alpha value is -3.71. The smallest absolute Gasteiger partial charge is 0.310 e. The lowest BCUT2D eigenvalue weighted by atomic mass is 9.94. The van der Waals surface area contributed by atoms with E-state index < -0.39 is 18.0 Å². The van der Waals surface area contributed by atoms with Crippen LogP contribution in [0.25, 0.3) is 22.0 Å². The van der Waals surface area contributed by atoms with E-state index >= 15 is 0 Å². The summed E-state index contributed by atoms with van der Waals surface area (Å²) in [6, 6.07) is 22.1. The molecule has 8 heteroatoms. The molecular formula is C26H22ClN3O4. The van der Waals surface area contributed by atoms with Crippen molar-refractivity contribution < 1.29 is 14.6 Å². The molecule has 34 heavy (non-hydrogen) atoms. The highest BCUT2D eigenvalue weighted by Gasteiger charge is 2.43. The third kappa shape index (κ3) is 4.39. The Morgan fingerprint density at radius 3 is 2.38 bits per heavy atom. The highest BCUT2D eigenvalue weighted by atomic mass is 35.5. The van der Waals surface area contributed by atoms with Gasteiger partial charge in [0.2, 0.25) is 0 Å². The fraction of sp³-hybridized carbons (Fsp3) is 0.231. The van der Waals surface area contributed by atoms with Crippen molar-refractivity contribution in [3.63, 3.8) is 0 Å². The van der Waals surface area contributed by atoms with Crippen LogP contribution in [-0.4, -0.2) is 32.2 Å². The lowest BCUT2D eigenvalue weighted by Gasteiger charge is -2.22. The molecule has 0 unspecified atom stereocenters. The van der Waals surface area contributed by atoms with Gasteiger partial charge in [0.15, 0.2) is 0 Å². The van der Waals surface area contributed by atoms with Gasteiger partial charge >= 0.3 is 5.97 Å². The lowest BCUT2D eigenvalue weighted by Crippen LogP contribution is -2.36. The minimum atomic E-state index is -0.938. The van der Waals surface area contributed by atoms with Crippen LogP contribution >= 0.6 is 11.6 Å². The molecule has 3 atom stereocenters. The van der Waals surface area contributed by atoms with Gasteiger partial charge in [0.05, 0.1) is 17.8 Å². The maximum absolute atomic E-state index is 12.8. The highest BCUT2D eigenvalue weighted by molar-refractivity contribution is 6.30. The third-order valence-electron chi connectivity index (χ3n) is 6.37. The predicted octanol–water partition coefficient (Wildman–Crippen LogP) is 4.67. The van der Waals surface area contributed by atoms with Gasteiger partial charge in [-0.1, -0.05) is 53.2 Å². The fourth-order valence-corrected chi connectivity index (χ4v) is 4.77. The average molecular weight is 476 g/mol. The Kier molecular flexibility index (Phi) is 6.02. The largest absolute Gasteiger partial charge is 0.490 e. The van der Waals surface area contributed by atoms with Crippen LogP contribution in [0.15, 0.2) is 77.6 Å². The van der Waals surface area contributed by atoms with Crippen LogP contribution < -0.4 is 10.3 Å². The van der Waals surface area contributed by atoms with E-state index in [4.69, 9.17) is 16.3 Å². The van der Waals surface area contributed by atoms with E-state index in [-0.39, 0.29) is 18.0 Å². The Balaban J connectivity index is 1.32. The van der Waals surface area contributed by atoms with Crippen LogP contribution in [0, 0.1) is 11.8 Å². The molecule has 0 saturated heterocycles. The molecule has 1 N–H and O–H groups in total. The first-order valence-corrected chi connectivity index (χ1v) is 11.5. The van der Waals surface area contributed by atoms with Crippen molar-refractivity contribution in [1.29, 1.82) is 0 Å². The van der Waals surface area contributed by atoms with Crippen molar-refractivity contribution in [2.24, 2.45) is 11.8 Å². The number of aliphatic carboxylic acids is 1. The summed E-state index contributed by atoms with van der Waals surface area (Å²) in [6.07, 6.45) is 0.704. The molecule has 0 amide bonds. The molecule has 1 saturated carbocycles. The van der Waals surface area contributed by atoms with Crippen LogP contribution in [-0.2, 0) is 11.3 Å². The number of benzene rings is 3. The quantitative estimate of drug-likeness (QED) is 0.435. The average Bonchev–Trinajstić information content (AvgIpc) is 3.24. The van der Waals surface area contributed by atoms with Gasteiger partial charge in [0.25, 0.3) is 5.56 Å². The van der Waals surface area contributed by atoms with Gasteiger partial charge in [-0.3, -0.25) is 9.59 Å². The molecule has 1 aromatic heterocycles. The molecule has 1 aliphatic rings. The Bertz CT molecular complexity index is 1390. The molecular weight excluding hydrogens is 454 g/mol. The summed E-state index contributed by atoms with van der Waals surface area (Å²) in [4.78, 5) is 25.0. The van der Waals surface area contributed by atoms with E-state index in [1.807, 2.05) is 48.5 Å². The third-order valence-corrected chi connectivity index (χ3v) is 6.62. The molecule has 0 aliphatic heterocycles. The SMILES string of the molecule is O=C(O)[C@@H]1[C@H](Cn2nnc3ccccc3c2=O)CC[C@@H]1Oc1ccc(-c2ccc(Cl)cc2)cc1. The topological polar surface area (TPSA) is 94.3 Å². The van der Waals surface area contributed by atoms with E-state index in [1.165, 1.54) is 4.68 Å². The van der Waals surface area contributed by atoms with E-state index in [9.17, 15) is 14.7 Å². The number of ether oxygens (including phenoxy) is 1. The van der Waals surface area contributed by atoms with Crippen molar-refractivity contribution in [3.8, 4) is 16.9 Å². The zero-order valence-corrected chi connectivity index (χ0v) is 18.9. The van der Waals surface area contributed by atoms with Crippen molar-refractivity contribution in [2.75, 3.05) is 0 Å². The molecule has 5 rings (SSSR count). The zero-order valence-electron chi connectivity index (χ0n) is 18.2. The Morgan fingerprint density at radius 2 is 1.68 bits per heavy atom. The van der Waals surface area contributed by atoms with Gasteiger partial charge in [-0.15, -0.1) is 5.10 Å². The van der Waals surface area contributed by atoms with Gasteiger partial charge in [-0.05, 0) is 66.3 Å². The molecule has 1 fully saturated rings. The number of hydrogen-bond acceptors (Lipinski definition) is 5. The number of carboxylic acids is 1. The van der Waals surface area contributed by atoms with E-state index in [1.54, 1.807) is 24.3 Å². The van der Waals surface area contributed by atoms with E-state index in [0.29, 0.717) is 34.5 Å².